The monoisotopic (exact) mass is 301 g/mol. The lowest BCUT2D eigenvalue weighted by molar-refractivity contribution is 0.0848. The van der Waals surface area contributed by atoms with Gasteiger partial charge in [0.15, 0.2) is 0 Å². The third-order valence-electron chi connectivity index (χ3n) is 3.31. The van der Waals surface area contributed by atoms with Crippen LogP contribution >= 0.6 is 11.6 Å². The molecule has 1 aromatic heterocycles. The van der Waals surface area contributed by atoms with Crippen LogP contribution in [-0.4, -0.2) is 23.3 Å². The Morgan fingerprint density at radius 1 is 1.19 bits per heavy atom. The minimum absolute atomic E-state index is 0.0689. The normalized spacial score (nSPS) is 17.4. The molecule has 2 heterocycles. The molecule has 1 N–H and O–H groups in total. The van der Waals surface area contributed by atoms with Crippen molar-refractivity contribution >= 4 is 17.3 Å². The van der Waals surface area contributed by atoms with E-state index in [2.05, 4.69) is 15.5 Å². The SMILES string of the molecule is Clc1ccc(C2=NOC(CNCc3ccccn3)C2)cc1. The Balaban J connectivity index is 1.47. The molecule has 1 aliphatic heterocycles. The molecule has 0 saturated heterocycles. The molecule has 108 valence electrons. The highest BCUT2D eigenvalue weighted by Gasteiger charge is 2.21. The highest BCUT2D eigenvalue weighted by Crippen LogP contribution is 2.18. The van der Waals surface area contributed by atoms with Crippen LogP contribution in [0, 0.1) is 0 Å². The largest absolute Gasteiger partial charge is 0.390 e. The van der Waals surface area contributed by atoms with Crippen LogP contribution in [0.1, 0.15) is 17.7 Å². The van der Waals surface area contributed by atoms with Crippen LogP contribution in [0.15, 0.2) is 53.8 Å². The van der Waals surface area contributed by atoms with Crippen LogP contribution in [-0.2, 0) is 11.4 Å². The Morgan fingerprint density at radius 3 is 2.81 bits per heavy atom. The fourth-order valence-electron chi connectivity index (χ4n) is 2.21. The van der Waals surface area contributed by atoms with Gasteiger partial charge in [-0.3, -0.25) is 4.98 Å². The smallest absolute Gasteiger partial charge is 0.145 e. The summed E-state index contributed by atoms with van der Waals surface area (Å²) in [5.41, 5.74) is 3.05. The summed E-state index contributed by atoms with van der Waals surface area (Å²) in [6.45, 7) is 1.48. The molecular formula is C16H16ClN3O. The zero-order valence-corrected chi connectivity index (χ0v) is 12.3. The molecule has 0 spiro atoms. The van der Waals surface area contributed by atoms with Crippen molar-refractivity contribution in [3.05, 3.63) is 64.9 Å². The molecule has 1 atom stereocenters. The summed E-state index contributed by atoms with van der Waals surface area (Å²) in [6, 6.07) is 13.6. The predicted molar refractivity (Wildman–Crippen MR) is 83.4 cm³/mol. The molecule has 21 heavy (non-hydrogen) atoms. The van der Waals surface area contributed by atoms with Crippen LogP contribution in [0.2, 0.25) is 5.02 Å². The van der Waals surface area contributed by atoms with Gasteiger partial charge in [0.05, 0.1) is 11.4 Å². The van der Waals surface area contributed by atoms with Crippen LogP contribution < -0.4 is 5.32 Å². The molecule has 0 saturated carbocycles. The summed E-state index contributed by atoms with van der Waals surface area (Å²) in [5.74, 6) is 0. The first-order chi connectivity index (χ1) is 10.3. The third kappa shape index (κ3) is 3.80. The van der Waals surface area contributed by atoms with E-state index >= 15 is 0 Å². The molecule has 0 fully saturated rings. The molecule has 0 bridgehead atoms. The van der Waals surface area contributed by atoms with E-state index in [1.807, 2.05) is 42.5 Å². The van der Waals surface area contributed by atoms with Gasteiger partial charge in [-0.15, -0.1) is 0 Å². The molecule has 0 radical (unpaired) electrons. The summed E-state index contributed by atoms with van der Waals surface area (Å²) in [4.78, 5) is 9.73. The fourth-order valence-corrected chi connectivity index (χ4v) is 2.34. The lowest BCUT2D eigenvalue weighted by atomic mass is 10.1. The minimum Gasteiger partial charge on any atom is -0.390 e. The van der Waals surface area contributed by atoms with Gasteiger partial charge >= 0.3 is 0 Å². The lowest BCUT2D eigenvalue weighted by Gasteiger charge is -2.09. The minimum atomic E-state index is 0.0689. The first-order valence-corrected chi connectivity index (χ1v) is 7.28. The van der Waals surface area contributed by atoms with E-state index in [1.54, 1.807) is 6.20 Å². The Hall–Kier alpha value is -1.91. The van der Waals surface area contributed by atoms with Gasteiger partial charge in [0.25, 0.3) is 0 Å². The second-order valence-corrected chi connectivity index (χ2v) is 5.36. The number of rotatable bonds is 5. The van der Waals surface area contributed by atoms with Crippen LogP contribution in [0.5, 0.6) is 0 Å². The molecule has 0 amide bonds. The third-order valence-corrected chi connectivity index (χ3v) is 3.57. The van der Waals surface area contributed by atoms with Gasteiger partial charge in [0.1, 0.15) is 6.10 Å². The van der Waals surface area contributed by atoms with E-state index in [9.17, 15) is 0 Å². The number of nitrogens with zero attached hydrogens (tertiary/aromatic N) is 2. The van der Waals surface area contributed by atoms with E-state index < -0.39 is 0 Å². The van der Waals surface area contributed by atoms with Crippen molar-refractivity contribution < 1.29 is 4.84 Å². The first kappa shape index (κ1) is 14.0. The van der Waals surface area contributed by atoms with Crippen LogP contribution in [0.3, 0.4) is 0 Å². The van der Waals surface area contributed by atoms with Crippen molar-refractivity contribution in [2.75, 3.05) is 6.54 Å². The molecule has 1 aliphatic rings. The summed E-state index contributed by atoms with van der Waals surface area (Å²) in [5, 5.41) is 8.23. The van der Waals surface area contributed by atoms with E-state index in [0.29, 0.717) is 0 Å². The van der Waals surface area contributed by atoms with Crippen LogP contribution in [0.25, 0.3) is 0 Å². The Kier molecular flexibility index (Phi) is 4.48. The van der Waals surface area contributed by atoms with Crippen molar-refractivity contribution in [1.29, 1.82) is 0 Å². The van der Waals surface area contributed by atoms with Gasteiger partial charge in [-0.05, 0) is 29.8 Å². The number of benzene rings is 1. The maximum absolute atomic E-state index is 5.89. The summed E-state index contributed by atoms with van der Waals surface area (Å²) >= 11 is 5.89. The first-order valence-electron chi connectivity index (χ1n) is 6.90. The maximum Gasteiger partial charge on any atom is 0.145 e. The molecule has 4 nitrogen and oxygen atoms in total. The van der Waals surface area contributed by atoms with Crippen LogP contribution in [0.4, 0.5) is 0 Å². The number of hydrogen-bond acceptors (Lipinski definition) is 4. The average molecular weight is 302 g/mol. The highest BCUT2D eigenvalue weighted by molar-refractivity contribution is 6.30. The maximum atomic E-state index is 5.89. The van der Waals surface area contributed by atoms with Gasteiger partial charge in [-0.25, -0.2) is 0 Å². The quantitative estimate of drug-likeness (QED) is 0.923. The predicted octanol–water partition coefficient (Wildman–Crippen LogP) is 3.02. The van der Waals surface area contributed by atoms with E-state index in [0.717, 1.165) is 41.5 Å². The van der Waals surface area contributed by atoms with E-state index in [-0.39, 0.29) is 6.10 Å². The number of pyridine rings is 1. The van der Waals surface area contributed by atoms with Crippen molar-refractivity contribution in [2.45, 2.75) is 19.1 Å². The van der Waals surface area contributed by atoms with Crippen molar-refractivity contribution in [3.8, 4) is 0 Å². The Bertz CT molecular complexity index is 613. The number of halogens is 1. The van der Waals surface area contributed by atoms with Gasteiger partial charge in [0.2, 0.25) is 0 Å². The molecule has 1 unspecified atom stereocenters. The summed E-state index contributed by atoms with van der Waals surface area (Å²) in [7, 11) is 0. The second kappa shape index (κ2) is 6.70. The Labute approximate surface area is 128 Å². The number of aromatic nitrogens is 1. The Morgan fingerprint density at radius 2 is 2.05 bits per heavy atom. The van der Waals surface area contributed by atoms with E-state index in [4.69, 9.17) is 16.4 Å². The van der Waals surface area contributed by atoms with Gasteiger partial charge in [-0.1, -0.05) is 35.0 Å². The molecule has 3 rings (SSSR count). The number of nitrogens with one attached hydrogen (secondary N) is 1. The number of hydrogen-bond donors (Lipinski definition) is 1. The molecule has 2 aromatic rings. The van der Waals surface area contributed by atoms with Crippen molar-refractivity contribution in [2.24, 2.45) is 5.16 Å². The van der Waals surface area contributed by atoms with Crippen molar-refractivity contribution in [3.63, 3.8) is 0 Å². The summed E-state index contributed by atoms with van der Waals surface area (Å²) < 4.78 is 0. The molecule has 0 aliphatic carbocycles. The summed E-state index contributed by atoms with van der Waals surface area (Å²) in [6.07, 6.45) is 2.67. The molecule has 1 aromatic carbocycles. The van der Waals surface area contributed by atoms with Gasteiger partial charge in [0, 0.05) is 30.7 Å². The van der Waals surface area contributed by atoms with Gasteiger partial charge < -0.3 is 10.2 Å². The zero-order valence-electron chi connectivity index (χ0n) is 11.5. The molecule has 5 heteroatoms. The standard InChI is InChI=1S/C16H16ClN3O/c17-13-6-4-12(5-7-13)16-9-15(21-20-16)11-18-10-14-3-1-2-8-19-14/h1-8,15,18H,9-11H2. The lowest BCUT2D eigenvalue weighted by Crippen LogP contribution is -2.27. The second-order valence-electron chi connectivity index (χ2n) is 4.93. The zero-order chi connectivity index (χ0) is 14.5. The van der Waals surface area contributed by atoms with E-state index in [1.165, 1.54) is 0 Å². The average Bonchev–Trinajstić information content (AvgIpc) is 2.98. The van der Waals surface area contributed by atoms with Gasteiger partial charge in [-0.2, -0.15) is 0 Å². The van der Waals surface area contributed by atoms with Crippen molar-refractivity contribution in [1.82, 2.24) is 10.3 Å². The number of oxime groups is 1. The highest BCUT2D eigenvalue weighted by atomic mass is 35.5. The fraction of sp³-hybridized carbons (Fsp3) is 0.250. The topological polar surface area (TPSA) is 46.5 Å². The molecular weight excluding hydrogens is 286 g/mol.